The Hall–Kier alpha value is -2.25. The van der Waals surface area contributed by atoms with E-state index in [1.54, 1.807) is 4.90 Å². The molecule has 0 radical (unpaired) electrons. The van der Waals surface area contributed by atoms with Crippen molar-refractivity contribution in [2.45, 2.75) is 18.8 Å². The lowest BCUT2D eigenvalue weighted by Crippen LogP contribution is -2.39. The van der Waals surface area contributed by atoms with Crippen LogP contribution in [0.25, 0.3) is 11.0 Å². The van der Waals surface area contributed by atoms with Gasteiger partial charge in [0, 0.05) is 38.1 Å². The molecule has 0 saturated carbocycles. The van der Waals surface area contributed by atoms with Crippen molar-refractivity contribution in [3.05, 3.63) is 28.3 Å². The number of non-ortho nitro benzene ring substituents is 1. The molecule has 8 heteroatoms. The summed E-state index contributed by atoms with van der Waals surface area (Å²) in [7, 11) is 0. The van der Waals surface area contributed by atoms with Crippen LogP contribution in [0.3, 0.4) is 0 Å². The Labute approximate surface area is 112 Å². The Morgan fingerprint density at radius 3 is 2.70 bits per heavy atom. The van der Waals surface area contributed by atoms with Gasteiger partial charge in [-0.25, -0.2) is 8.78 Å². The third-order valence-corrected chi connectivity index (χ3v) is 3.44. The summed E-state index contributed by atoms with van der Waals surface area (Å²) in [5.74, 6) is -2.26. The van der Waals surface area contributed by atoms with E-state index < -0.39 is 10.8 Å². The fourth-order valence-electron chi connectivity index (χ4n) is 2.30. The van der Waals surface area contributed by atoms with Crippen molar-refractivity contribution in [3.63, 3.8) is 0 Å². The highest BCUT2D eigenvalue weighted by Crippen LogP contribution is 2.34. The van der Waals surface area contributed by atoms with E-state index in [4.69, 9.17) is 4.52 Å². The molecule has 6 nitrogen and oxygen atoms in total. The molecule has 3 rings (SSSR count). The Kier molecular flexibility index (Phi) is 2.81. The molecule has 1 aromatic heterocycles. The van der Waals surface area contributed by atoms with Crippen LogP contribution in [0, 0.1) is 10.1 Å². The molecule has 20 heavy (non-hydrogen) atoms. The van der Waals surface area contributed by atoms with Crippen molar-refractivity contribution in [2.75, 3.05) is 18.0 Å². The van der Waals surface area contributed by atoms with E-state index in [-0.39, 0.29) is 31.6 Å². The molecule has 0 spiro atoms. The van der Waals surface area contributed by atoms with Crippen molar-refractivity contribution < 1.29 is 18.2 Å². The van der Waals surface area contributed by atoms with Gasteiger partial charge in [0.2, 0.25) is 0 Å². The van der Waals surface area contributed by atoms with Crippen molar-refractivity contribution in [3.8, 4) is 0 Å². The maximum atomic E-state index is 13.1. The number of rotatable bonds is 2. The molecule has 106 valence electrons. The van der Waals surface area contributed by atoms with E-state index in [2.05, 4.69) is 5.16 Å². The quantitative estimate of drug-likeness (QED) is 0.625. The van der Waals surface area contributed by atoms with E-state index in [9.17, 15) is 18.9 Å². The number of fused-ring (bicyclic) bond motifs is 1. The van der Waals surface area contributed by atoms with Crippen LogP contribution in [-0.4, -0.2) is 29.1 Å². The normalized spacial score (nSPS) is 18.4. The monoisotopic (exact) mass is 283 g/mol. The molecule has 1 saturated heterocycles. The summed E-state index contributed by atoms with van der Waals surface area (Å²) in [5, 5.41) is 15.1. The first-order chi connectivity index (χ1) is 9.46. The van der Waals surface area contributed by atoms with Gasteiger partial charge >= 0.3 is 0 Å². The van der Waals surface area contributed by atoms with Crippen molar-refractivity contribution in [1.82, 2.24) is 5.16 Å². The summed E-state index contributed by atoms with van der Waals surface area (Å²) in [6.45, 7) is 0.300. The number of piperidine rings is 1. The highest BCUT2D eigenvalue weighted by molar-refractivity contribution is 5.90. The second kappa shape index (κ2) is 4.39. The Balaban J connectivity index is 1.96. The highest BCUT2D eigenvalue weighted by atomic mass is 19.3. The average Bonchev–Trinajstić information content (AvgIpc) is 2.81. The molecule has 0 unspecified atom stereocenters. The topological polar surface area (TPSA) is 72.4 Å². The smallest absolute Gasteiger partial charge is 0.270 e. The van der Waals surface area contributed by atoms with Crippen molar-refractivity contribution >= 4 is 22.5 Å². The molecule has 2 heterocycles. The molecule has 0 amide bonds. The van der Waals surface area contributed by atoms with Crippen LogP contribution in [-0.2, 0) is 0 Å². The first kappa shape index (κ1) is 12.8. The van der Waals surface area contributed by atoms with E-state index in [0.29, 0.717) is 16.8 Å². The molecular weight excluding hydrogens is 272 g/mol. The van der Waals surface area contributed by atoms with Crippen LogP contribution in [0.5, 0.6) is 0 Å². The summed E-state index contributed by atoms with van der Waals surface area (Å²) in [5.41, 5.74) is 0.326. The number of nitro benzene ring substituents is 1. The number of hydrogen-bond donors (Lipinski definition) is 0. The zero-order valence-electron chi connectivity index (χ0n) is 10.4. The van der Waals surface area contributed by atoms with Crippen LogP contribution in [0.15, 0.2) is 22.7 Å². The van der Waals surface area contributed by atoms with Gasteiger partial charge in [-0.05, 0) is 6.07 Å². The first-order valence-corrected chi connectivity index (χ1v) is 6.13. The zero-order chi connectivity index (χ0) is 14.3. The second-order valence-electron chi connectivity index (χ2n) is 4.79. The molecule has 1 aliphatic rings. The molecule has 2 aromatic rings. The minimum atomic E-state index is -2.65. The number of benzene rings is 1. The Morgan fingerprint density at radius 2 is 2.05 bits per heavy atom. The maximum Gasteiger partial charge on any atom is 0.270 e. The highest BCUT2D eigenvalue weighted by Gasteiger charge is 2.35. The molecule has 0 N–H and O–H groups in total. The minimum Gasteiger partial charge on any atom is -0.354 e. The molecular formula is C12H11F2N3O3. The fraction of sp³-hybridized carbons (Fsp3) is 0.417. The summed E-state index contributed by atoms with van der Waals surface area (Å²) in [4.78, 5) is 11.9. The number of halogens is 2. The largest absolute Gasteiger partial charge is 0.354 e. The standard InChI is InChI=1S/C12H11F2N3O3/c13-12(14)3-5-16(6-4-12)11-9-7-8(17(18)19)1-2-10(9)20-15-11/h1-2,7H,3-6H2. The van der Waals surface area contributed by atoms with Crippen molar-refractivity contribution in [2.24, 2.45) is 0 Å². The van der Waals surface area contributed by atoms with E-state index in [0.717, 1.165) is 0 Å². The lowest BCUT2D eigenvalue weighted by molar-refractivity contribution is -0.384. The van der Waals surface area contributed by atoms with Crippen LogP contribution < -0.4 is 4.90 Å². The average molecular weight is 283 g/mol. The first-order valence-electron chi connectivity index (χ1n) is 6.13. The Bertz CT molecular complexity index is 661. The maximum absolute atomic E-state index is 13.1. The molecule has 0 aliphatic carbocycles. The van der Waals surface area contributed by atoms with Gasteiger partial charge in [0.1, 0.15) is 0 Å². The SMILES string of the molecule is O=[N+]([O-])c1ccc2onc(N3CCC(F)(F)CC3)c2c1. The number of alkyl halides is 2. The van der Waals surface area contributed by atoms with Crippen LogP contribution in [0.1, 0.15) is 12.8 Å². The molecule has 1 aromatic carbocycles. The third-order valence-electron chi connectivity index (χ3n) is 3.44. The van der Waals surface area contributed by atoms with Gasteiger partial charge in [0.25, 0.3) is 11.6 Å². The molecule has 0 atom stereocenters. The third kappa shape index (κ3) is 2.17. The number of anilines is 1. The predicted octanol–water partition coefficient (Wildman–Crippen LogP) is 2.97. The summed E-state index contributed by atoms with van der Waals surface area (Å²) in [6, 6.07) is 4.14. The van der Waals surface area contributed by atoms with Crippen molar-refractivity contribution in [1.29, 1.82) is 0 Å². The zero-order valence-corrected chi connectivity index (χ0v) is 10.4. The van der Waals surface area contributed by atoms with E-state index in [1.807, 2.05) is 0 Å². The molecule has 0 bridgehead atoms. The summed E-state index contributed by atoms with van der Waals surface area (Å²) in [6.07, 6.45) is -0.507. The van der Waals surface area contributed by atoms with Crippen LogP contribution in [0.2, 0.25) is 0 Å². The van der Waals surface area contributed by atoms with Gasteiger partial charge in [0.15, 0.2) is 11.4 Å². The second-order valence-corrected chi connectivity index (χ2v) is 4.79. The number of aromatic nitrogens is 1. The number of nitrogens with zero attached hydrogens (tertiary/aromatic N) is 3. The number of hydrogen-bond acceptors (Lipinski definition) is 5. The van der Waals surface area contributed by atoms with Crippen LogP contribution >= 0.6 is 0 Å². The van der Waals surface area contributed by atoms with Gasteiger partial charge in [-0.15, -0.1) is 0 Å². The van der Waals surface area contributed by atoms with Gasteiger partial charge in [0.05, 0.1) is 10.3 Å². The van der Waals surface area contributed by atoms with E-state index >= 15 is 0 Å². The lowest BCUT2D eigenvalue weighted by Gasteiger charge is -2.31. The summed E-state index contributed by atoms with van der Waals surface area (Å²) < 4.78 is 31.4. The molecule has 1 fully saturated rings. The van der Waals surface area contributed by atoms with E-state index in [1.165, 1.54) is 18.2 Å². The summed E-state index contributed by atoms with van der Waals surface area (Å²) >= 11 is 0. The Morgan fingerprint density at radius 1 is 1.35 bits per heavy atom. The van der Waals surface area contributed by atoms with Gasteiger partial charge in [-0.1, -0.05) is 5.16 Å². The van der Waals surface area contributed by atoms with Gasteiger partial charge < -0.3 is 9.42 Å². The van der Waals surface area contributed by atoms with Crippen LogP contribution in [0.4, 0.5) is 20.3 Å². The lowest BCUT2D eigenvalue weighted by atomic mass is 10.1. The fourth-order valence-corrected chi connectivity index (χ4v) is 2.30. The minimum absolute atomic E-state index is 0.0794. The number of nitro groups is 1. The molecule has 1 aliphatic heterocycles. The van der Waals surface area contributed by atoms with Gasteiger partial charge in [-0.3, -0.25) is 10.1 Å². The van der Waals surface area contributed by atoms with Gasteiger partial charge in [-0.2, -0.15) is 0 Å². The predicted molar refractivity (Wildman–Crippen MR) is 67.1 cm³/mol.